The van der Waals surface area contributed by atoms with Crippen LogP contribution in [0.2, 0.25) is 0 Å². The SMILES string of the molecule is O=C(c1ncoc1-c1cccs1)N1CCN(C(=O)C(c2ccccc2)c2ccccc2)CC1. The Morgan fingerprint density at radius 2 is 1.42 bits per heavy atom. The number of carbonyl (C=O) groups excluding carboxylic acids is 2. The highest BCUT2D eigenvalue weighted by Crippen LogP contribution is 2.30. The van der Waals surface area contributed by atoms with Crippen LogP contribution in [0.1, 0.15) is 27.5 Å². The van der Waals surface area contributed by atoms with E-state index in [4.69, 9.17) is 4.42 Å². The molecule has 0 N–H and O–H groups in total. The monoisotopic (exact) mass is 457 g/mol. The van der Waals surface area contributed by atoms with Crippen molar-refractivity contribution in [1.29, 1.82) is 0 Å². The van der Waals surface area contributed by atoms with Gasteiger partial charge < -0.3 is 14.2 Å². The first kappa shape index (κ1) is 21.2. The number of carbonyl (C=O) groups is 2. The molecule has 166 valence electrons. The van der Waals surface area contributed by atoms with E-state index in [0.29, 0.717) is 37.6 Å². The third kappa shape index (κ3) is 4.32. The number of oxazole rings is 1. The van der Waals surface area contributed by atoms with E-state index in [1.807, 2.05) is 83.1 Å². The van der Waals surface area contributed by atoms with Crippen molar-refractivity contribution in [2.24, 2.45) is 0 Å². The van der Waals surface area contributed by atoms with Crippen LogP contribution in [0.5, 0.6) is 0 Å². The third-order valence-electron chi connectivity index (χ3n) is 5.91. The molecular formula is C26H23N3O3S. The minimum atomic E-state index is -0.365. The van der Waals surface area contributed by atoms with Gasteiger partial charge in [-0.25, -0.2) is 4.98 Å². The third-order valence-corrected chi connectivity index (χ3v) is 6.77. The Kier molecular flexibility index (Phi) is 6.04. The summed E-state index contributed by atoms with van der Waals surface area (Å²) in [6.45, 7) is 1.87. The molecule has 0 spiro atoms. The van der Waals surface area contributed by atoms with E-state index in [9.17, 15) is 9.59 Å². The van der Waals surface area contributed by atoms with Gasteiger partial charge in [-0.3, -0.25) is 9.59 Å². The van der Waals surface area contributed by atoms with Crippen LogP contribution in [0, 0.1) is 0 Å². The fourth-order valence-corrected chi connectivity index (χ4v) is 4.92. The summed E-state index contributed by atoms with van der Waals surface area (Å²) in [6.07, 6.45) is 1.31. The van der Waals surface area contributed by atoms with Crippen molar-refractivity contribution in [3.8, 4) is 10.6 Å². The summed E-state index contributed by atoms with van der Waals surface area (Å²) in [4.78, 5) is 35.4. The van der Waals surface area contributed by atoms with Crippen LogP contribution in [0.15, 0.2) is 89.0 Å². The van der Waals surface area contributed by atoms with Gasteiger partial charge in [-0.2, -0.15) is 0 Å². The van der Waals surface area contributed by atoms with Crippen molar-refractivity contribution in [3.05, 3.63) is 101 Å². The average Bonchev–Trinajstić information content (AvgIpc) is 3.57. The molecule has 0 unspecified atom stereocenters. The van der Waals surface area contributed by atoms with E-state index in [1.54, 1.807) is 4.90 Å². The molecule has 2 amide bonds. The zero-order chi connectivity index (χ0) is 22.6. The molecule has 3 heterocycles. The Morgan fingerprint density at radius 3 is 2.00 bits per heavy atom. The molecule has 5 rings (SSSR count). The zero-order valence-electron chi connectivity index (χ0n) is 18.0. The normalized spacial score (nSPS) is 14.0. The predicted molar refractivity (Wildman–Crippen MR) is 127 cm³/mol. The Morgan fingerprint density at radius 1 is 0.818 bits per heavy atom. The number of nitrogens with zero attached hydrogens (tertiary/aromatic N) is 3. The minimum Gasteiger partial charge on any atom is -0.442 e. The maximum absolute atomic E-state index is 13.6. The zero-order valence-corrected chi connectivity index (χ0v) is 18.8. The van der Waals surface area contributed by atoms with Gasteiger partial charge in [0.15, 0.2) is 17.8 Å². The molecular weight excluding hydrogens is 434 g/mol. The summed E-state index contributed by atoms with van der Waals surface area (Å²) >= 11 is 1.50. The summed E-state index contributed by atoms with van der Waals surface area (Å²) in [5.74, 6) is 0.0273. The number of piperazine rings is 1. The second kappa shape index (κ2) is 9.42. The molecule has 7 heteroatoms. The number of hydrogen-bond donors (Lipinski definition) is 0. The van der Waals surface area contributed by atoms with Crippen LogP contribution in [-0.2, 0) is 4.79 Å². The van der Waals surface area contributed by atoms with Crippen LogP contribution in [0.3, 0.4) is 0 Å². The summed E-state index contributed by atoms with van der Waals surface area (Å²) in [7, 11) is 0. The van der Waals surface area contributed by atoms with E-state index in [2.05, 4.69) is 4.98 Å². The highest BCUT2D eigenvalue weighted by atomic mass is 32.1. The van der Waals surface area contributed by atoms with Gasteiger partial charge >= 0.3 is 0 Å². The number of rotatable bonds is 5. The lowest BCUT2D eigenvalue weighted by molar-refractivity contribution is -0.133. The van der Waals surface area contributed by atoms with Crippen LogP contribution in [0.25, 0.3) is 10.6 Å². The molecule has 0 bridgehead atoms. The van der Waals surface area contributed by atoms with Gasteiger partial charge in [0, 0.05) is 26.2 Å². The molecule has 4 aromatic rings. The highest BCUT2D eigenvalue weighted by Gasteiger charge is 2.32. The number of aromatic nitrogens is 1. The molecule has 2 aromatic carbocycles. The van der Waals surface area contributed by atoms with Crippen molar-refractivity contribution in [2.45, 2.75) is 5.92 Å². The van der Waals surface area contributed by atoms with E-state index in [0.717, 1.165) is 16.0 Å². The van der Waals surface area contributed by atoms with Crippen molar-refractivity contribution in [2.75, 3.05) is 26.2 Å². The van der Waals surface area contributed by atoms with Crippen LogP contribution in [-0.4, -0.2) is 52.8 Å². The summed E-state index contributed by atoms with van der Waals surface area (Å²) in [5.41, 5.74) is 2.26. The number of amides is 2. The lowest BCUT2D eigenvalue weighted by atomic mass is 9.90. The van der Waals surface area contributed by atoms with Gasteiger partial charge in [-0.15, -0.1) is 11.3 Å². The van der Waals surface area contributed by atoms with E-state index < -0.39 is 0 Å². The molecule has 33 heavy (non-hydrogen) atoms. The lowest BCUT2D eigenvalue weighted by Gasteiger charge is -2.36. The smallest absolute Gasteiger partial charge is 0.276 e. The van der Waals surface area contributed by atoms with Gasteiger partial charge in [-0.1, -0.05) is 66.7 Å². The second-order valence-corrected chi connectivity index (χ2v) is 8.83. The molecule has 0 atom stereocenters. The molecule has 6 nitrogen and oxygen atoms in total. The predicted octanol–water partition coefficient (Wildman–Crippen LogP) is 4.52. The maximum atomic E-state index is 13.6. The standard InChI is InChI=1S/C26H23N3O3S/c30-25(22(19-8-3-1-4-9-19)20-10-5-2-6-11-20)28-13-15-29(16-14-28)26(31)23-24(32-18-27-23)21-12-7-17-33-21/h1-12,17-18,22H,13-16H2. The number of benzene rings is 2. The lowest BCUT2D eigenvalue weighted by Crippen LogP contribution is -2.51. The molecule has 1 aliphatic heterocycles. The second-order valence-electron chi connectivity index (χ2n) is 7.88. The molecule has 0 radical (unpaired) electrons. The number of thiophene rings is 1. The fraction of sp³-hybridized carbons (Fsp3) is 0.192. The molecule has 0 aliphatic carbocycles. The largest absolute Gasteiger partial charge is 0.442 e. The number of hydrogen-bond acceptors (Lipinski definition) is 5. The van der Waals surface area contributed by atoms with E-state index in [-0.39, 0.29) is 17.7 Å². The van der Waals surface area contributed by atoms with Crippen molar-refractivity contribution < 1.29 is 14.0 Å². The van der Waals surface area contributed by atoms with Crippen LogP contribution in [0.4, 0.5) is 0 Å². The average molecular weight is 458 g/mol. The molecule has 1 aliphatic rings. The first-order valence-corrected chi connectivity index (χ1v) is 11.8. The summed E-state index contributed by atoms with van der Waals surface area (Å²) in [5, 5.41) is 1.94. The Bertz CT molecular complexity index is 1170. The van der Waals surface area contributed by atoms with Gasteiger partial charge in [0.1, 0.15) is 0 Å². The molecule has 0 saturated carbocycles. The maximum Gasteiger partial charge on any atom is 0.276 e. The van der Waals surface area contributed by atoms with Gasteiger partial charge in [-0.05, 0) is 22.6 Å². The summed E-state index contributed by atoms with van der Waals surface area (Å²) < 4.78 is 5.50. The van der Waals surface area contributed by atoms with Gasteiger partial charge in [0.2, 0.25) is 5.91 Å². The van der Waals surface area contributed by atoms with E-state index in [1.165, 1.54) is 17.7 Å². The minimum absolute atomic E-state index is 0.0557. The first-order chi connectivity index (χ1) is 16.2. The Hall–Kier alpha value is -3.71. The fourth-order valence-electron chi connectivity index (χ4n) is 4.21. The van der Waals surface area contributed by atoms with Crippen molar-refractivity contribution in [3.63, 3.8) is 0 Å². The first-order valence-electron chi connectivity index (χ1n) is 10.9. The van der Waals surface area contributed by atoms with Crippen molar-refractivity contribution >= 4 is 23.2 Å². The molecule has 1 fully saturated rings. The van der Waals surface area contributed by atoms with Crippen molar-refractivity contribution in [1.82, 2.24) is 14.8 Å². The highest BCUT2D eigenvalue weighted by molar-refractivity contribution is 7.13. The quantitative estimate of drug-likeness (QED) is 0.442. The van der Waals surface area contributed by atoms with Gasteiger partial charge in [0.25, 0.3) is 5.91 Å². The van der Waals surface area contributed by atoms with E-state index >= 15 is 0 Å². The van der Waals surface area contributed by atoms with Crippen LogP contribution >= 0.6 is 11.3 Å². The topological polar surface area (TPSA) is 66.7 Å². The molecule has 2 aromatic heterocycles. The summed E-state index contributed by atoms with van der Waals surface area (Å²) in [6, 6.07) is 23.5. The Balaban J connectivity index is 1.31. The van der Waals surface area contributed by atoms with Crippen LogP contribution < -0.4 is 0 Å². The Labute approximate surface area is 196 Å². The molecule has 1 saturated heterocycles. The van der Waals surface area contributed by atoms with Gasteiger partial charge in [0.05, 0.1) is 10.8 Å².